The van der Waals surface area contributed by atoms with Gasteiger partial charge in [0.25, 0.3) is 0 Å². The maximum Gasteiger partial charge on any atom is 0.182 e. The number of thiazole rings is 1. The van der Waals surface area contributed by atoms with Crippen molar-refractivity contribution < 1.29 is 0 Å². The number of aromatic nitrogens is 2. The van der Waals surface area contributed by atoms with Crippen LogP contribution in [0.4, 0.5) is 5.69 Å². The van der Waals surface area contributed by atoms with E-state index in [1.165, 1.54) is 17.4 Å². The smallest absolute Gasteiger partial charge is 0.182 e. The van der Waals surface area contributed by atoms with Gasteiger partial charge in [-0.25, -0.2) is 4.98 Å². The number of azide groups is 1. The minimum absolute atomic E-state index is 0.276. The van der Waals surface area contributed by atoms with Crippen LogP contribution in [0.2, 0.25) is 5.15 Å². The van der Waals surface area contributed by atoms with E-state index in [1.54, 1.807) is 17.0 Å². The van der Waals surface area contributed by atoms with E-state index in [0.717, 1.165) is 5.56 Å². The summed E-state index contributed by atoms with van der Waals surface area (Å²) < 4.78 is 1.73. The first kappa shape index (κ1) is 11.7. The number of rotatable bonds is 3. The van der Waals surface area contributed by atoms with Crippen molar-refractivity contribution >= 4 is 28.6 Å². The van der Waals surface area contributed by atoms with Crippen LogP contribution in [0.1, 0.15) is 5.56 Å². The molecule has 2 heterocycles. The van der Waals surface area contributed by atoms with Gasteiger partial charge in [0.05, 0.1) is 6.54 Å². The fourth-order valence-electron chi connectivity index (χ4n) is 1.32. The SMILES string of the molecule is [N-]=[N+]=Nc1cc(Cl)ncc1Cn1ccsc1=N. The van der Waals surface area contributed by atoms with Gasteiger partial charge in [-0.3, -0.25) is 5.41 Å². The molecule has 2 rings (SSSR count). The zero-order valence-corrected chi connectivity index (χ0v) is 10.1. The minimum Gasteiger partial charge on any atom is -0.320 e. The molecule has 0 saturated heterocycles. The molecule has 6 nitrogen and oxygen atoms in total. The van der Waals surface area contributed by atoms with E-state index in [9.17, 15) is 0 Å². The number of pyridine rings is 1. The van der Waals surface area contributed by atoms with Crippen LogP contribution in [-0.4, -0.2) is 9.55 Å². The van der Waals surface area contributed by atoms with Crippen molar-refractivity contribution in [1.29, 1.82) is 5.41 Å². The highest BCUT2D eigenvalue weighted by Crippen LogP contribution is 2.22. The predicted molar refractivity (Wildman–Crippen MR) is 65.3 cm³/mol. The summed E-state index contributed by atoms with van der Waals surface area (Å²) in [6, 6.07) is 1.51. The first-order valence-electron chi connectivity index (χ1n) is 4.59. The summed E-state index contributed by atoms with van der Waals surface area (Å²) in [6.45, 7) is 0.431. The molecule has 0 unspecified atom stereocenters. The maximum atomic E-state index is 8.47. The summed E-state index contributed by atoms with van der Waals surface area (Å²) >= 11 is 7.06. The predicted octanol–water partition coefficient (Wildman–Crippen LogP) is 3.07. The van der Waals surface area contributed by atoms with Crippen molar-refractivity contribution in [3.8, 4) is 0 Å². The lowest BCUT2D eigenvalue weighted by Crippen LogP contribution is -2.13. The molecule has 0 aliphatic carbocycles. The number of halogens is 1. The molecular formula is C9H7ClN6S. The fourth-order valence-corrected chi connectivity index (χ4v) is 2.07. The molecule has 0 spiro atoms. The Labute approximate surface area is 105 Å². The minimum atomic E-state index is 0.276. The average molecular weight is 267 g/mol. The normalized spacial score (nSPS) is 9.94. The Balaban J connectivity index is 2.42. The molecule has 8 heteroatoms. The summed E-state index contributed by atoms with van der Waals surface area (Å²) in [7, 11) is 0. The molecule has 2 aromatic heterocycles. The Morgan fingerprint density at radius 3 is 3.12 bits per heavy atom. The van der Waals surface area contributed by atoms with E-state index in [2.05, 4.69) is 15.0 Å². The number of nitrogens with zero attached hydrogens (tertiary/aromatic N) is 5. The van der Waals surface area contributed by atoms with Crippen molar-refractivity contribution in [3.63, 3.8) is 0 Å². The fraction of sp³-hybridized carbons (Fsp3) is 0.111. The highest BCUT2D eigenvalue weighted by atomic mass is 35.5. The zero-order valence-electron chi connectivity index (χ0n) is 8.54. The van der Waals surface area contributed by atoms with Gasteiger partial charge in [0, 0.05) is 28.4 Å². The molecule has 0 radical (unpaired) electrons. The van der Waals surface area contributed by atoms with Crippen molar-refractivity contribution in [1.82, 2.24) is 9.55 Å². The second kappa shape index (κ2) is 5.01. The number of hydrogen-bond acceptors (Lipinski definition) is 4. The Kier molecular flexibility index (Phi) is 3.43. The lowest BCUT2D eigenvalue weighted by Gasteiger charge is -2.05. The van der Waals surface area contributed by atoms with Gasteiger partial charge in [-0.15, -0.1) is 11.3 Å². The van der Waals surface area contributed by atoms with Crippen LogP contribution in [0.15, 0.2) is 29.0 Å². The van der Waals surface area contributed by atoms with E-state index in [4.69, 9.17) is 22.5 Å². The third-order valence-electron chi connectivity index (χ3n) is 2.10. The van der Waals surface area contributed by atoms with Gasteiger partial charge in [-0.05, 0) is 17.2 Å². The second-order valence-electron chi connectivity index (χ2n) is 3.16. The monoisotopic (exact) mass is 266 g/mol. The molecule has 0 atom stereocenters. The van der Waals surface area contributed by atoms with Gasteiger partial charge in [0.15, 0.2) is 4.80 Å². The van der Waals surface area contributed by atoms with Crippen LogP contribution in [-0.2, 0) is 6.54 Å². The first-order valence-corrected chi connectivity index (χ1v) is 5.84. The molecule has 1 N–H and O–H groups in total. The van der Waals surface area contributed by atoms with Crippen molar-refractivity contribution in [2.75, 3.05) is 0 Å². The Hall–Kier alpha value is -1.82. The van der Waals surface area contributed by atoms with E-state index in [0.29, 0.717) is 17.0 Å². The second-order valence-corrected chi connectivity index (χ2v) is 4.44. The molecule has 2 aromatic rings. The van der Waals surface area contributed by atoms with Crippen LogP contribution < -0.4 is 4.80 Å². The molecule has 0 aromatic carbocycles. The largest absolute Gasteiger partial charge is 0.320 e. The van der Waals surface area contributed by atoms with Crippen molar-refractivity contribution in [2.24, 2.45) is 5.11 Å². The summed E-state index contributed by atoms with van der Waals surface area (Å²) in [5, 5.41) is 13.3. The highest BCUT2D eigenvalue weighted by Gasteiger charge is 2.04. The van der Waals surface area contributed by atoms with Crippen LogP contribution in [0.25, 0.3) is 10.4 Å². The highest BCUT2D eigenvalue weighted by molar-refractivity contribution is 7.06. The van der Waals surface area contributed by atoms with Crippen LogP contribution >= 0.6 is 22.9 Å². The van der Waals surface area contributed by atoms with Gasteiger partial charge < -0.3 is 4.57 Å². The third kappa shape index (κ3) is 2.65. The van der Waals surface area contributed by atoms with Gasteiger partial charge >= 0.3 is 0 Å². The molecule has 86 valence electrons. The van der Waals surface area contributed by atoms with Gasteiger partial charge in [0.2, 0.25) is 0 Å². The summed E-state index contributed by atoms with van der Waals surface area (Å²) in [6.07, 6.45) is 3.35. The van der Waals surface area contributed by atoms with E-state index < -0.39 is 0 Å². The summed E-state index contributed by atoms with van der Waals surface area (Å²) in [4.78, 5) is 7.11. The van der Waals surface area contributed by atoms with Gasteiger partial charge in [-0.2, -0.15) is 0 Å². The lowest BCUT2D eigenvalue weighted by atomic mass is 10.2. The molecule has 0 saturated carbocycles. The molecular weight excluding hydrogens is 260 g/mol. The number of nitrogens with one attached hydrogen (secondary N) is 1. The molecule has 0 bridgehead atoms. The number of hydrogen-bond donors (Lipinski definition) is 1. The third-order valence-corrected chi connectivity index (χ3v) is 3.03. The quantitative estimate of drug-likeness (QED) is 0.393. The molecule has 0 aliphatic rings. The first-order chi connectivity index (χ1) is 8.20. The van der Waals surface area contributed by atoms with Gasteiger partial charge in [-0.1, -0.05) is 16.7 Å². The summed E-state index contributed by atoms with van der Waals surface area (Å²) in [5.74, 6) is 0. The van der Waals surface area contributed by atoms with Gasteiger partial charge in [0.1, 0.15) is 5.15 Å². The van der Waals surface area contributed by atoms with Crippen molar-refractivity contribution in [2.45, 2.75) is 6.54 Å². The Morgan fingerprint density at radius 1 is 1.65 bits per heavy atom. The topological polar surface area (TPSA) is 90.4 Å². The van der Waals surface area contributed by atoms with Crippen LogP contribution in [0, 0.1) is 5.41 Å². The van der Waals surface area contributed by atoms with Crippen LogP contribution in [0.5, 0.6) is 0 Å². The van der Waals surface area contributed by atoms with E-state index in [1.807, 2.05) is 5.38 Å². The Bertz CT molecular complexity index is 639. The maximum absolute atomic E-state index is 8.47. The molecule has 0 fully saturated rings. The zero-order chi connectivity index (χ0) is 12.3. The Morgan fingerprint density at radius 2 is 2.47 bits per heavy atom. The molecule has 17 heavy (non-hydrogen) atoms. The lowest BCUT2D eigenvalue weighted by molar-refractivity contribution is 0.757. The standard InChI is InChI=1S/C9H7ClN6S/c10-8-3-7(14-15-12)6(4-13-8)5-16-1-2-17-9(16)11/h1-4,11H,5H2. The van der Waals surface area contributed by atoms with Crippen molar-refractivity contribution in [3.05, 3.63) is 49.8 Å². The van der Waals surface area contributed by atoms with E-state index >= 15 is 0 Å². The summed E-state index contributed by atoms with van der Waals surface area (Å²) in [5.41, 5.74) is 9.63. The average Bonchev–Trinajstić information content (AvgIpc) is 2.69. The van der Waals surface area contributed by atoms with Crippen LogP contribution in [0.3, 0.4) is 0 Å². The molecule has 0 amide bonds. The van der Waals surface area contributed by atoms with E-state index in [-0.39, 0.29) is 5.15 Å². The molecule has 0 aliphatic heterocycles.